The molecule has 2 aliphatic heterocycles. The molecule has 2 heterocycles. The van der Waals surface area contributed by atoms with Crippen molar-refractivity contribution >= 4 is 11.8 Å². The summed E-state index contributed by atoms with van der Waals surface area (Å²) in [6.45, 7) is 3.95. The zero-order valence-electron chi connectivity index (χ0n) is 17.9. The average Bonchev–Trinajstić information content (AvgIpc) is 3.26. The van der Waals surface area contributed by atoms with E-state index in [1.54, 1.807) is 7.11 Å². The Morgan fingerprint density at radius 1 is 1.27 bits per heavy atom. The Kier molecular flexibility index (Phi) is 6.41. The second-order valence-corrected chi connectivity index (χ2v) is 8.77. The van der Waals surface area contributed by atoms with Crippen molar-refractivity contribution in [1.82, 2.24) is 15.7 Å². The van der Waals surface area contributed by atoms with Gasteiger partial charge in [0.2, 0.25) is 5.91 Å². The summed E-state index contributed by atoms with van der Waals surface area (Å²) >= 11 is 0. The van der Waals surface area contributed by atoms with Gasteiger partial charge in [0.25, 0.3) is 5.91 Å². The first-order valence-electron chi connectivity index (χ1n) is 11.1. The van der Waals surface area contributed by atoms with Crippen molar-refractivity contribution in [3.8, 4) is 0 Å². The highest BCUT2D eigenvalue weighted by Gasteiger charge is 2.63. The lowest BCUT2D eigenvalue weighted by atomic mass is 9.94. The molecule has 2 unspecified atom stereocenters. The maximum absolute atomic E-state index is 13.5. The quantitative estimate of drug-likeness (QED) is 0.712. The van der Waals surface area contributed by atoms with Crippen molar-refractivity contribution in [2.75, 3.05) is 26.8 Å². The van der Waals surface area contributed by atoms with Crippen LogP contribution in [0.25, 0.3) is 0 Å². The number of amides is 2. The van der Waals surface area contributed by atoms with Crippen LogP contribution >= 0.6 is 0 Å². The maximum Gasteiger partial charge on any atom is 0.272 e. The molecule has 2 N–H and O–H groups in total. The number of benzene rings is 1. The van der Waals surface area contributed by atoms with Crippen LogP contribution in [0.4, 0.5) is 0 Å². The van der Waals surface area contributed by atoms with Gasteiger partial charge in [-0.1, -0.05) is 37.3 Å². The van der Waals surface area contributed by atoms with E-state index in [0.29, 0.717) is 19.6 Å². The number of carbonyl (C=O) groups excluding carboxylic acids is 2. The smallest absolute Gasteiger partial charge is 0.272 e. The molecule has 1 saturated carbocycles. The van der Waals surface area contributed by atoms with Crippen molar-refractivity contribution in [1.29, 1.82) is 0 Å². The van der Waals surface area contributed by atoms with Crippen LogP contribution in [0.2, 0.25) is 0 Å². The summed E-state index contributed by atoms with van der Waals surface area (Å²) in [4.78, 5) is 32.4. The summed E-state index contributed by atoms with van der Waals surface area (Å²) in [7, 11) is 1.65. The number of ether oxygens (including phenoxy) is 1. The van der Waals surface area contributed by atoms with Crippen molar-refractivity contribution < 1.29 is 19.2 Å². The van der Waals surface area contributed by atoms with Crippen molar-refractivity contribution in [3.63, 3.8) is 0 Å². The maximum atomic E-state index is 13.5. The fourth-order valence-electron chi connectivity index (χ4n) is 4.95. The number of carbonyl (C=O) groups is 2. The molecule has 7 heteroatoms. The number of nitrogens with one attached hydrogen (secondary N) is 2. The fraction of sp³-hybridized carbons (Fsp3) is 0.652. The van der Waals surface area contributed by atoms with Crippen LogP contribution in [-0.2, 0) is 19.2 Å². The molecule has 0 radical (unpaired) electrons. The normalized spacial score (nSPS) is 30.5. The van der Waals surface area contributed by atoms with Crippen LogP contribution < -0.4 is 10.6 Å². The molecule has 30 heavy (non-hydrogen) atoms. The van der Waals surface area contributed by atoms with Crippen LogP contribution in [-0.4, -0.2) is 61.4 Å². The molecule has 0 aromatic heterocycles. The minimum Gasteiger partial charge on any atom is -0.379 e. The van der Waals surface area contributed by atoms with E-state index in [2.05, 4.69) is 10.6 Å². The standard InChI is InChI=1S/C23H33N3O4/c1-16(20(29-2)19-11-8-12-24-19)21(27)25-23(22(28)26-13-6-7-14-30-26)15-18(23)17-9-4-3-5-10-17/h3-5,9-10,16,18-20,24H,6-8,11-15H2,1-2H3,(H,25,27)/t16?,18-,19+,20?,23+/m1/s1. The Bertz CT molecular complexity index is 746. The molecule has 1 aliphatic carbocycles. The largest absolute Gasteiger partial charge is 0.379 e. The summed E-state index contributed by atoms with van der Waals surface area (Å²) in [5.41, 5.74) is 0.127. The molecule has 3 aliphatic rings. The lowest BCUT2D eigenvalue weighted by Gasteiger charge is -2.32. The number of methoxy groups -OCH3 is 1. The van der Waals surface area contributed by atoms with E-state index in [0.717, 1.165) is 37.8 Å². The summed E-state index contributed by atoms with van der Waals surface area (Å²) < 4.78 is 5.70. The molecule has 0 spiro atoms. The highest BCUT2D eigenvalue weighted by atomic mass is 16.7. The fourth-order valence-corrected chi connectivity index (χ4v) is 4.95. The van der Waals surface area contributed by atoms with E-state index in [4.69, 9.17) is 9.57 Å². The number of hydrogen-bond acceptors (Lipinski definition) is 5. The van der Waals surface area contributed by atoms with E-state index in [-0.39, 0.29) is 35.8 Å². The van der Waals surface area contributed by atoms with E-state index in [1.807, 2.05) is 37.3 Å². The first-order valence-corrected chi connectivity index (χ1v) is 11.1. The lowest BCUT2D eigenvalue weighted by Crippen LogP contribution is -2.56. The monoisotopic (exact) mass is 415 g/mol. The van der Waals surface area contributed by atoms with Crippen LogP contribution in [0.5, 0.6) is 0 Å². The van der Waals surface area contributed by atoms with Crippen LogP contribution in [0.15, 0.2) is 30.3 Å². The highest BCUT2D eigenvalue weighted by molar-refractivity contribution is 5.96. The predicted molar refractivity (Wildman–Crippen MR) is 113 cm³/mol. The number of hydroxylamine groups is 2. The Balaban J connectivity index is 1.52. The SMILES string of the molecule is COC(C(C)C(=O)N[C@@]1(C(=O)N2CCCCO2)C[C@@H]1c1ccccc1)[C@@H]1CCCN1. The third-order valence-corrected chi connectivity index (χ3v) is 6.79. The van der Waals surface area contributed by atoms with Gasteiger partial charge >= 0.3 is 0 Å². The molecule has 3 fully saturated rings. The molecule has 1 aromatic rings. The van der Waals surface area contributed by atoms with Gasteiger partial charge in [0, 0.05) is 25.6 Å². The van der Waals surface area contributed by atoms with E-state index in [9.17, 15) is 9.59 Å². The second kappa shape index (κ2) is 9.04. The minimum atomic E-state index is -0.939. The van der Waals surface area contributed by atoms with Crippen molar-refractivity contribution in [3.05, 3.63) is 35.9 Å². The zero-order valence-corrected chi connectivity index (χ0v) is 17.9. The Labute approximate surface area is 178 Å². The van der Waals surface area contributed by atoms with Gasteiger partial charge in [0.1, 0.15) is 5.54 Å². The van der Waals surface area contributed by atoms with Crippen LogP contribution in [0.3, 0.4) is 0 Å². The molecular formula is C23H33N3O4. The highest BCUT2D eigenvalue weighted by Crippen LogP contribution is 2.53. The molecule has 1 aromatic carbocycles. The van der Waals surface area contributed by atoms with E-state index in [1.165, 1.54) is 5.06 Å². The van der Waals surface area contributed by atoms with Gasteiger partial charge in [-0.2, -0.15) is 0 Å². The van der Waals surface area contributed by atoms with Gasteiger partial charge in [0.15, 0.2) is 0 Å². The Hall–Kier alpha value is -1.96. The van der Waals surface area contributed by atoms with Crippen molar-refractivity contribution in [2.45, 2.75) is 62.6 Å². The third-order valence-electron chi connectivity index (χ3n) is 6.79. The zero-order chi connectivity index (χ0) is 21.1. The average molecular weight is 416 g/mol. The molecule has 2 saturated heterocycles. The molecular weight excluding hydrogens is 382 g/mol. The summed E-state index contributed by atoms with van der Waals surface area (Å²) in [6, 6.07) is 10.1. The van der Waals surface area contributed by atoms with Gasteiger partial charge < -0.3 is 15.4 Å². The van der Waals surface area contributed by atoms with Gasteiger partial charge in [0.05, 0.1) is 18.6 Å². The molecule has 5 atom stereocenters. The third kappa shape index (κ3) is 4.11. The van der Waals surface area contributed by atoms with Crippen LogP contribution in [0, 0.1) is 5.92 Å². The number of hydrogen-bond donors (Lipinski definition) is 2. The van der Waals surface area contributed by atoms with Gasteiger partial charge in [-0.25, -0.2) is 5.06 Å². The van der Waals surface area contributed by atoms with Gasteiger partial charge in [-0.3, -0.25) is 14.4 Å². The molecule has 2 amide bonds. The Morgan fingerprint density at radius 2 is 2.07 bits per heavy atom. The van der Waals surface area contributed by atoms with Gasteiger partial charge in [-0.05, 0) is 44.2 Å². The van der Waals surface area contributed by atoms with E-state index < -0.39 is 5.54 Å². The van der Waals surface area contributed by atoms with E-state index >= 15 is 0 Å². The van der Waals surface area contributed by atoms with Gasteiger partial charge in [-0.15, -0.1) is 0 Å². The topological polar surface area (TPSA) is 79.9 Å². The Morgan fingerprint density at radius 3 is 2.70 bits per heavy atom. The first-order chi connectivity index (χ1) is 14.6. The second-order valence-electron chi connectivity index (χ2n) is 8.77. The summed E-state index contributed by atoms with van der Waals surface area (Å²) in [5.74, 6) is -0.683. The molecule has 7 nitrogen and oxygen atoms in total. The first kappa shape index (κ1) is 21.3. The number of nitrogens with zero attached hydrogens (tertiary/aromatic N) is 1. The minimum absolute atomic E-state index is 0.0431. The van der Waals surface area contributed by atoms with Crippen LogP contribution in [0.1, 0.15) is 50.5 Å². The predicted octanol–water partition coefficient (Wildman–Crippen LogP) is 1.99. The summed E-state index contributed by atoms with van der Waals surface area (Å²) in [6.07, 6.45) is 4.32. The number of rotatable bonds is 7. The summed E-state index contributed by atoms with van der Waals surface area (Å²) in [5, 5.41) is 8.03. The van der Waals surface area contributed by atoms with Crippen molar-refractivity contribution in [2.24, 2.45) is 5.92 Å². The molecule has 164 valence electrons. The lowest BCUT2D eigenvalue weighted by molar-refractivity contribution is -0.200. The molecule has 4 rings (SSSR count). The molecule has 0 bridgehead atoms.